The van der Waals surface area contributed by atoms with Gasteiger partial charge in [-0.2, -0.15) is 0 Å². The van der Waals surface area contributed by atoms with Crippen LogP contribution in [0.2, 0.25) is 0 Å². The molecular weight excluding hydrogens is 304 g/mol. The Kier molecular flexibility index (Phi) is 4.17. The topological polar surface area (TPSA) is 78.1 Å². The number of benzene rings is 2. The van der Waals surface area contributed by atoms with Crippen molar-refractivity contribution in [2.45, 2.75) is 6.92 Å². The molecule has 0 bridgehead atoms. The summed E-state index contributed by atoms with van der Waals surface area (Å²) in [4.78, 5) is 20.3. The zero-order chi connectivity index (χ0) is 17.1. The van der Waals surface area contributed by atoms with Gasteiger partial charge in [0, 0.05) is 12.1 Å². The molecule has 1 aliphatic heterocycles. The number of nitrogens with zero attached hydrogens (tertiary/aromatic N) is 2. The monoisotopic (exact) mass is 320 g/mol. The lowest BCUT2D eigenvalue weighted by Crippen LogP contribution is -2.38. The van der Waals surface area contributed by atoms with Crippen LogP contribution in [0.1, 0.15) is 15.9 Å². The van der Waals surface area contributed by atoms with Crippen molar-refractivity contribution in [2.75, 3.05) is 13.1 Å². The molecule has 0 aromatic heterocycles. The number of phenols is 1. The van der Waals surface area contributed by atoms with Crippen LogP contribution in [0.3, 0.4) is 0 Å². The molecule has 3 N–H and O–H groups in total. The van der Waals surface area contributed by atoms with Crippen molar-refractivity contribution in [1.29, 1.82) is 0 Å². The van der Waals surface area contributed by atoms with Gasteiger partial charge in [0.05, 0.1) is 18.7 Å². The van der Waals surface area contributed by atoms with Crippen LogP contribution in [0.5, 0.6) is 5.75 Å². The normalized spacial score (nSPS) is 12.9. The molecule has 0 atom stereocenters. The van der Waals surface area contributed by atoms with Crippen molar-refractivity contribution in [3.63, 3.8) is 0 Å². The van der Waals surface area contributed by atoms with Crippen LogP contribution in [0, 0.1) is 13.5 Å². The molecule has 0 aliphatic carbocycles. The van der Waals surface area contributed by atoms with E-state index in [-0.39, 0.29) is 11.3 Å². The van der Waals surface area contributed by atoms with E-state index >= 15 is 0 Å². The molecule has 0 saturated heterocycles. The van der Waals surface area contributed by atoms with Gasteiger partial charge in [0.1, 0.15) is 5.75 Å². The molecule has 120 valence electrons. The second-order valence-corrected chi connectivity index (χ2v) is 5.45. The highest BCUT2D eigenvalue weighted by atomic mass is 16.3. The van der Waals surface area contributed by atoms with Gasteiger partial charge in [-0.3, -0.25) is 15.1 Å². The molecule has 1 heterocycles. The van der Waals surface area contributed by atoms with E-state index in [4.69, 9.17) is 6.57 Å². The number of phenolic OH excluding ortho intramolecular Hbond substituents is 1. The van der Waals surface area contributed by atoms with Crippen LogP contribution >= 0.6 is 0 Å². The van der Waals surface area contributed by atoms with E-state index in [1.54, 1.807) is 0 Å². The number of carbonyl (C=O) groups excluding carboxylic acids is 1. The lowest BCUT2D eigenvalue weighted by atomic mass is 9.95. The highest BCUT2D eigenvalue weighted by molar-refractivity contribution is 6.12. The summed E-state index contributed by atoms with van der Waals surface area (Å²) in [5, 5.41) is 15.9. The number of carbonyl (C=O) groups is 1. The summed E-state index contributed by atoms with van der Waals surface area (Å²) in [6.07, 6.45) is 0. The third-order valence-electron chi connectivity index (χ3n) is 3.72. The molecule has 0 unspecified atom stereocenters. The van der Waals surface area contributed by atoms with Crippen molar-refractivity contribution in [2.24, 2.45) is 4.99 Å². The van der Waals surface area contributed by atoms with E-state index in [1.165, 1.54) is 12.1 Å². The van der Waals surface area contributed by atoms with Crippen LogP contribution in [0.25, 0.3) is 16.0 Å². The highest BCUT2D eigenvalue weighted by Crippen LogP contribution is 2.38. The van der Waals surface area contributed by atoms with E-state index < -0.39 is 5.91 Å². The lowest BCUT2D eigenvalue weighted by molar-refractivity contribution is 0.0974. The van der Waals surface area contributed by atoms with Crippen LogP contribution < -0.4 is 10.6 Å². The second kappa shape index (κ2) is 6.42. The van der Waals surface area contributed by atoms with Gasteiger partial charge in [0.2, 0.25) is 0 Å². The third kappa shape index (κ3) is 2.92. The molecule has 0 radical (unpaired) electrons. The average molecular weight is 320 g/mol. The maximum atomic E-state index is 12.7. The van der Waals surface area contributed by atoms with Crippen molar-refractivity contribution >= 4 is 17.6 Å². The number of hydrogen-bond acceptors (Lipinski definition) is 4. The van der Waals surface area contributed by atoms with Crippen molar-refractivity contribution in [1.82, 2.24) is 10.6 Å². The van der Waals surface area contributed by atoms with Crippen LogP contribution in [-0.2, 0) is 0 Å². The number of amides is 1. The second-order valence-electron chi connectivity index (χ2n) is 5.45. The largest absolute Gasteiger partial charge is 0.507 e. The van der Waals surface area contributed by atoms with Gasteiger partial charge in [-0.1, -0.05) is 35.9 Å². The molecule has 24 heavy (non-hydrogen) atoms. The van der Waals surface area contributed by atoms with Crippen molar-refractivity contribution < 1.29 is 9.90 Å². The minimum absolute atomic E-state index is 0.0745. The van der Waals surface area contributed by atoms with Gasteiger partial charge in [0.25, 0.3) is 5.91 Å². The summed E-state index contributed by atoms with van der Waals surface area (Å²) in [6.45, 7) is 10.6. The maximum absolute atomic E-state index is 12.7. The summed E-state index contributed by atoms with van der Waals surface area (Å²) >= 11 is 0. The first kappa shape index (κ1) is 15.6. The Balaban J connectivity index is 2.14. The number of hydrogen-bond donors (Lipinski definition) is 3. The number of guanidine groups is 1. The Labute approximate surface area is 139 Å². The fourth-order valence-corrected chi connectivity index (χ4v) is 2.65. The van der Waals surface area contributed by atoms with Gasteiger partial charge < -0.3 is 10.4 Å². The van der Waals surface area contributed by atoms with Gasteiger partial charge in [-0.25, -0.2) is 4.85 Å². The van der Waals surface area contributed by atoms with Gasteiger partial charge >= 0.3 is 0 Å². The van der Waals surface area contributed by atoms with E-state index in [0.29, 0.717) is 35.9 Å². The van der Waals surface area contributed by atoms with E-state index in [9.17, 15) is 9.90 Å². The van der Waals surface area contributed by atoms with Crippen LogP contribution in [-0.4, -0.2) is 30.1 Å². The number of nitrogens with one attached hydrogen (secondary N) is 2. The SMILES string of the molecule is [C-]#[N+]c1ccc(O)c(C(=O)NC2=NCCN2)c1-c1cccc(C)c1. The molecule has 6 heteroatoms. The Morgan fingerprint density at radius 2 is 2.21 bits per heavy atom. The van der Waals surface area contributed by atoms with Crippen LogP contribution in [0.15, 0.2) is 41.4 Å². The van der Waals surface area contributed by atoms with Crippen molar-refractivity contribution in [3.05, 3.63) is 58.9 Å². The summed E-state index contributed by atoms with van der Waals surface area (Å²) in [7, 11) is 0. The van der Waals surface area contributed by atoms with E-state index in [0.717, 1.165) is 5.56 Å². The number of rotatable bonds is 2. The Bertz CT molecular complexity index is 881. The summed E-state index contributed by atoms with van der Waals surface area (Å²) in [5.74, 6) is -0.291. The Morgan fingerprint density at radius 1 is 1.38 bits per heavy atom. The molecular formula is C18H16N4O2. The minimum Gasteiger partial charge on any atom is -0.507 e. The molecule has 0 spiro atoms. The van der Waals surface area contributed by atoms with E-state index in [2.05, 4.69) is 20.5 Å². The molecule has 0 fully saturated rings. The van der Waals surface area contributed by atoms with Crippen molar-refractivity contribution in [3.8, 4) is 16.9 Å². The number of aromatic hydroxyl groups is 1. The highest BCUT2D eigenvalue weighted by Gasteiger charge is 2.22. The first-order valence-electron chi connectivity index (χ1n) is 7.50. The molecule has 1 aliphatic rings. The Morgan fingerprint density at radius 3 is 2.88 bits per heavy atom. The summed E-state index contributed by atoms with van der Waals surface area (Å²) in [6, 6.07) is 10.4. The molecule has 0 saturated carbocycles. The van der Waals surface area contributed by atoms with E-state index in [1.807, 2.05) is 31.2 Å². The zero-order valence-electron chi connectivity index (χ0n) is 13.1. The first-order valence-corrected chi connectivity index (χ1v) is 7.50. The fourth-order valence-electron chi connectivity index (χ4n) is 2.65. The van der Waals surface area contributed by atoms with Crippen LogP contribution in [0.4, 0.5) is 5.69 Å². The molecule has 6 nitrogen and oxygen atoms in total. The number of aliphatic imine (C=N–C) groups is 1. The number of aryl methyl sites for hydroxylation is 1. The molecule has 1 amide bonds. The average Bonchev–Trinajstić information content (AvgIpc) is 3.07. The van der Waals surface area contributed by atoms with Gasteiger partial charge in [-0.15, -0.1) is 0 Å². The summed E-state index contributed by atoms with van der Waals surface area (Å²) in [5.41, 5.74) is 2.52. The third-order valence-corrected chi connectivity index (χ3v) is 3.72. The lowest BCUT2D eigenvalue weighted by Gasteiger charge is -2.14. The predicted molar refractivity (Wildman–Crippen MR) is 92.3 cm³/mol. The first-order chi connectivity index (χ1) is 11.6. The quantitative estimate of drug-likeness (QED) is 0.744. The van der Waals surface area contributed by atoms with Gasteiger partial charge in [0.15, 0.2) is 11.6 Å². The maximum Gasteiger partial charge on any atom is 0.261 e. The minimum atomic E-state index is -0.498. The summed E-state index contributed by atoms with van der Waals surface area (Å²) < 4.78 is 0. The van der Waals surface area contributed by atoms with Gasteiger partial charge in [-0.05, 0) is 18.6 Å². The fraction of sp³-hybridized carbons (Fsp3) is 0.167. The predicted octanol–water partition coefficient (Wildman–Crippen LogP) is 2.61. The molecule has 2 aromatic rings. The molecule has 3 rings (SSSR count). The smallest absolute Gasteiger partial charge is 0.261 e. The Hall–Kier alpha value is -3.33. The standard InChI is InChI=1S/C18H16N4O2/c1-11-4-3-5-12(10-11)15-13(19-2)6-7-14(23)16(15)17(24)22-18-20-8-9-21-18/h3-7,10,23H,8-9H2,1H3,(H2,20,21,22,24). The molecule has 2 aromatic carbocycles. The zero-order valence-corrected chi connectivity index (χ0v) is 13.1.